The van der Waals surface area contributed by atoms with Gasteiger partial charge in [-0.25, -0.2) is 12.8 Å². The summed E-state index contributed by atoms with van der Waals surface area (Å²) in [5.74, 6) is -1.01. The number of halogens is 4. The Morgan fingerprint density at radius 2 is 1.85 bits per heavy atom. The second kappa shape index (κ2) is 5.36. The molecule has 20 heavy (non-hydrogen) atoms. The topological polar surface area (TPSA) is 51.1 Å². The predicted molar refractivity (Wildman–Crippen MR) is 65.3 cm³/mol. The first-order valence-corrected chi connectivity index (χ1v) is 7.34. The summed E-state index contributed by atoms with van der Waals surface area (Å²) in [6, 6.07) is -2.29. The van der Waals surface area contributed by atoms with Crippen molar-refractivity contribution in [2.24, 2.45) is 7.05 Å². The van der Waals surface area contributed by atoms with E-state index in [-0.39, 0.29) is 17.8 Å². The number of hydrogen-bond acceptors (Lipinski definition) is 2. The van der Waals surface area contributed by atoms with Crippen molar-refractivity contribution < 1.29 is 26.0 Å². The molecule has 0 aliphatic heterocycles. The first-order chi connectivity index (χ1) is 8.93. The van der Waals surface area contributed by atoms with E-state index in [2.05, 4.69) is 0 Å². The van der Waals surface area contributed by atoms with E-state index in [9.17, 15) is 26.0 Å². The van der Waals surface area contributed by atoms with Gasteiger partial charge in [-0.3, -0.25) is 0 Å². The van der Waals surface area contributed by atoms with Gasteiger partial charge < -0.3 is 4.57 Å². The zero-order chi connectivity index (χ0) is 15.9. The third-order valence-corrected chi connectivity index (χ3v) is 4.79. The molecular formula is C11H16F4N2O2S. The molecule has 0 spiro atoms. The average molecular weight is 316 g/mol. The van der Waals surface area contributed by atoms with Crippen molar-refractivity contribution >= 4 is 10.0 Å². The summed E-state index contributed by atoms with van der Waals surface area (Å²) in [5, 5.41) is 0. The molecule has 1 atom stereocenters. The van der Waals surface area contributed by atoms with Crippen molar-refractivity contribution in [3.05, 3.63) is 17.2 Å². The summed E-state index contributed by atoms with van der Waals surface area (Å²) in [6.07, 6.45) is -4.51. The number of aromatic nitrogens is 1. The van der Waals surface area contributed by atoms with Crippen molar-refractivity contribution in [1.82, 2.24) is 9.29 Å². The van der Waals surface area contributed by atoms with Crippen molar-refractivity contribution in [3.8, 4) is 0 Å². The molecule has 116 valence electrons. The maximum Gasteiger partial charge on any atom is 0.404 e. The fraction of sp³-hybridized carbons (Fsp3) is 0.636. The largest absolute Gasteiger partial charge is 0.404 e. The van der Waals surface area contributed by atoms with Crippen LogP contribution in [0.2, 0.25) is 0 Å². The fourth-order valence-corrected chi connectivity index (χ4v) is 3.45. The van der Waals surface area contributed by atoms with E-state index in [1.807, 2.05) is 0 Å². The summed E-state index contributed by atoms with van der Waals surface area (Å²) in [7, 11) is -3.12. The highest BCUT2D eigenvalue weighted by atomic mass is 32.2. The summed E-state index contributed by atoms with van der Waals surface area (Å²) in [4.78, 5) is -0.729. The monoisotopic (exact) mass is 316 g/mol. The van der Waals surface area contributed by atoms with Gasteiger partial charge in [-0.1, -0.05) is 6.92 Å². The lowest BCUT2D eigenvalue weighted by atomic mass is 10.3. The molecule has 1 aromatic rings. The lowest BCUT2D eigenvalue weighted by molar-refractivity contribution is -0.147. The molecule has 0 aromatic carbocycles. The van der Waals surface area contributed by atoms with E-state index in [0.717, 1.165) is 0 Å². The standard InChI is InChI=1S/C11H16F4N2O2S/c1-5-8-9(12)10(6(2)17(8)4)20(18,19)16-7(3)11(13,14)15/h7,16H,5H2,1-4H3/t7-/m1/s1. The lowest BCUT2D eigenvalue weighted by Crippen LogP contribution is -2.43. The summed E-state index contributed by atoms with van der Waals surface area (Å²) < 4.78 is 78.0. The molecule has 0 unspecified atom stereocenters. The zero-order valence-electron chi connectivity index (χ0n) is 11.5. The van der Waals surface area contributed by atoms with E-state index in [1.54, 1.807) is 6.92 Å². The van der Waals surface area contributed by atoms with E-state index < -0.39 is 33.0 Å². The third-order valence-electron chi connectivity index (χ3n) is 3.12. The molecular weight excluding hydrogens is 300 g/mol. The minimum absolute atomic E-state index is 0.0567. The minimum Gasteiger partial charge on any atom is -0.348 e. The van der Waals surface area contributed by atoms with Gasteiger partial charge >= 0.3 is 6.18 Å². The number of sulfonamides is 1. The molecule has 1 aromatic heterocycles. The second-order valence-electron chi connectivity index (χ2n) is 4.47. The first-order valence-electron chi connectivity index (χ1n) is 5.86. The Balaban J connectivity index is 3.31. The summed E-state index contributed by atoms with van der Waals surface area (Å²) in [6.45, 7) is 3.63. The van der Waals surface area contributed by atoms with E-state index in [0.29, 0.717) is 6.92 Å². The Hall–Kier alpha value is -1.09. The zero-order valence-corrected chi connectivity index (χ0v) is 12.3. The van der Waals surface area contributed by atoms with Gasteiger partial charge in [-0.2, -0.15) is 17.9 Å². The van der Waals surface area contributed by atoms with Crippen LogP contribution in [0.25, 0.3) is 0 Å². The Kier molecular flexibility index (Phi) is 4.55. The SMILES string of the molecule is CCc1c(F)c(S(=O)(=O)N[C@H](C)C(F)(F)F)c(C)n1C. The van der Waals surface area contributed by atoms with Crippen LogP contribution in [-0.4, -0.2) is 25.2 Å². The molecule has 0 aliphatic carbocycles. The molecule has 0 radical (unpaired) electrons. The molecule has 0 aliphatic rings. The van der Waals surface area contributed by atoms with Gasteiger partial charge in [0.1, 0.15) is 10.9 Å². The Morgan fingerprint density at radius 1 is 1.35 bits per heavy atom. The van der Waals surface area contributed by atoms with Gasteiger partial charge in [-0.05, 0) is 20.3 Å². The van der Waals surface area contributed by atoms with Gasteiger partial charge in [0.25, 0.3) is 0 Å². The van der Waals surface area contributed by atoms with Crippen molar-refractivity contribution in [1.29, 1.82) is 0 Å². The van der Waals surface area contributed by atoms with Gasteiger partial charge in [0, 0.05) is 12.7 Å². The van der Waals surface area contributed by atoms with Crippen molar-refractivity contribution in [2.75, 3.05) is 0 Å². The number of nitrogens with zero attached hydrogens (tertiary/aromatic N) is 1. The summed E-state index contributed by atoms with van der Waals surface area (Å²) in [5.41, 5.74) is 0.184. The van der Waals surface area contributed by atoms with Gasteiger partial charge in [0.2, 0.25) is 10.0 Å². The molecule has 1 heterocycles. The maximum atomic E-state index is 14.1. The number of alkyl halides is 3. The molecule has 1 N–H and O–H groups in total. The van der Waals surface area contributed by atoms with Crippen LogP contribution in [0.1, 0.15) is 25.2 Å². The molecule has 0 fully saturated rings. The molecule has 4 nitrogen and oxygen atoms in total. The molecule has 0 saturated carbocycles. The molecule has 0 saturated heterocycles. The average Bonchev–Trinajstić information content (AvgIpc) is 2.48. The van der Waals surface area contributed by atoms with Crippen LogP contribution in [0, 0.1) is 12.7 Å². The number of hydrogen-bond donors (Lipinski definition) is 1. The third kappa shape index (κ3) is 2.98. The molecule has 9 heteroatoms. The highest BCUT2D eigenvalue weighted by Gasteiger charge is 2.40. The maximum absolute atomic E-state index is 14.1. The minimum atomic E-state index is -4.74. The van der Waals surface area contributed by atoms with Crippen LogP contribution in [0.5, 0.6) is 0 Å². The van der Waals surface area contributed by atoms with Crippen LogP contribution in [0.4, 0.5) is 17.6 Å². The van der Waals surface area contributed by atoms with Gasteiger partial charge in [0.05, 0.1) is 5.69 Å². The smallest absolute Gasteiger partial charge is 0.348 e. The number of nitrogens with one attached hydrogen (secondary N) is 1. The Labute approximate surface area is 114 Å². The number of rotatable bonds is 4. The summed E-state index contributed by atoms with van der Waals surface area (Å²) >= 11 is 0. The second-order valence-corrected chi connectivity index (χ2v) is 6.12. The van der Waals surface area contributed by atoms with Crippen LogP contribution in [0.15, 0.2) is 4.90 Å². The first kappa shape index (κ1) is 17.0. The van der Waals surface area contributed by atoms with E-state index >= 15 is 0 Å². The predicted octanol–water partition coefficient (Wildman–Crippen LogP) is 2.26. The lowest BCUT2D eigenvalue weighted by Gasteiger charge is -2.17. The highest BCUT2D eigenvalue weighted by Crippen LogP contribution is 2.27. The fourth-order valence-electron chi connectivity index (χ4n) is 1.86. The van der Waals surface area contributed by atoms with E-state index in [4.69, 9.17) is 0 Å². The molecule has 1 rings (SSSR count). The Morgan fingerprint density at radius 3 is 2.20 bits per heavy atom. The van der Waals surface area contributed by atoms with Crippen LogP contribution in [0.3, 0.4) is 0 Å². The van der Waals surface area contributed by atoms with Crippen LogP contribution >= 0.6 is 0 Å². The van der Waals surface area contributed by atoms with E-state index in [1.165, 1.54) is 23.3 Å². The Bertz CT molecular complexity index is 605. The van der Waals surface area contributed by atoms with Crippen LogP contribution in [-0.2, 0) is 23.5 Å². The normalized spacial score (nSPS) is 14.6. The van der Waals surface area contributed by atoms with Crippen molar-refractivity contribution in [2.45, 2.75) is 44.3 Å². The van der Waals surface area contributed by atoms with Gasteiger partial charge in [-0.15, -0.1) is 0 Å². The highest BCUT2D eigenvalue weighted by molar-refractivity contribution is 7.89. The molecule has 0 bridgehead atoms. The van der Waals surface area contributed by atoms with Crippen molar-refractivity contribution in [3.63, 3.8) is 0 Å². The van der Waals surface area contributed by atoms with Crippen LogP contribution < -0.4 is 4.72 Å². The van der Waals surface area contributed by atoms with Gasteiger partial charge in [0.15, 0.2) is 5.82 Å². The quantitative estimate of drug-likeness (QED) is 0.866. The molecule has 0 amide bonds.